The SMILES string of the molecule is CCOc1ccc(N)c(N)n1. The maximum atomic E-state index is 5.44. The molecule has 1 aromatic rings. The molecule has 0 radical (unpaired) electrons. The average molecular weight is 153 g/mol. The van der Waals surface area contributed by atoms with E-state index in [-0.39, 0.29) is 0 Å². The van der Waals surface area contributed by atoms with Gasteiger partial charge in [0.05, 0.1) is 12.3 Å². The molecule has 0 fully saturated rings. The van der Waals surface area contributed by atoms with Crippen molar-refractivity contribution in [3.8, 4) is 5.88 Å². The van der Waals surface area contributed by atoms with Crippen LogP contribution in [-0.4, -0.2) is 11.6 Å². The van der Waals surface area contributed by atoms with E-state index in [4.69, 9.17) is 16.2 Å². The highest BCUT2D eigenvalue weighted by atomic mass is 16.5. The van der Waals surface area contributed by atoms with Crippen molar-refractivity contribution in [3.05, 3.63) is 12.1 Å². The number of nitrogen functional groups attached to an aromatic ring is 2. The smallest absolute Gasteiger partial charge is 0.215 e. The van der Waals surface area contributed by atoms with Crippen LogP contribution in [0.2, 0.25) is 0 Å². The largest absolute Gasteiger partial charge is 0.478 e. The van der Waals surface area contributed by atoms with E-state index < -0.39 is 0 Å². The summed E-state index contributed by atoms with van der Waals surface area (Å²) >= 11 is 0. The van der Waals surface area contributed by atoms with Gasteiger partial charge in [-0.25, -0.2) is 0 Å². The first-order valence-corrected chi connectivity index (χ1v) is 3.39. The standard InChI is InChI=1S/C7H11N3O/c1-2-11-6-4-3-5(8)7(9)10-6/h3-4H,2,8H2,1H3,(H2,9,10). The van der Waals surface area contributed by atoms with Gasteiger partial charge in [-0.3, -0.25) is 0 Å². The predicted octanol–water partition coefficient (Wildman–Crippen LogP) is 0.645. The highest BCUT2D eigenvalue weighted by Crippen LogP contribution is 2.15. The first kappa shape index (κ1) is 7.65. The zero-order chi connectivity index (χ0) is 8.27. The Balaban J connectivity index is 2.86. The van der Waals surface area contributed by atoms with Gasteiger partial charge in [0.1, 0.15) is 0 Å². The van der Waals surface area contributed by atoms with Crippen LogP contribution >= 0.6 is 0 Å². The molecule has 0 aliphatic heterocycles. The molecule has 0 bridgehead atoms. The Bertz CT molecular complexity index is 249. The molecule has 0 unspecified atom stereocenters. The van der Waals surface area contributed by atoms with Gasteiger partial charge in [0.25, 0.3) is 0 Å². The fourth-order valence-electron chi connectivity index (χ4n) is 0.695. The molecular formula is C7H11N3O. The molecule has 1 aromatic heterocycles. The first-order chi connectivity index (χ1) is 5.24. The number of anilines is 2. The second-order valence-electron chi connectivity index (χ2n) is 2.06. The summed E-state index contributed by atoms with van der Waals surface area (Å²) in [4.78, 5) is 3.89. The molecule has 0 atom stereocenters. The third-order valence-corrected chi connectivity index (χ3v) is 1.22. The Morgan fingerprint density at radius 2 is 2.18 bits per heavy atom. The third kappa shape index (κ3) is 1.73. The van der Waals surface area contributed by atoms with Crippen LogP contribution in [0.3, 0.4) is 0 Å². The van der Waals surface area contributed by atoms with E-state index in [1.54, 1.807) is 12.1 Å². The van der Waals surface area contributed by atoms with Gasteiger partial charge in [-0.15, -0.1) is 0 Å². The van der Waals surface area contributed by atoms with Gasteiger partial charge in [-0.1, -0.05) is 0 Å². The van der Waals surface area contributed by atoms with Crippen LogP contribution in [-0.2, 0) is 0 Å². The van der Waals surface area contributed by atoms with Crippen LogP contribution in [0.5, 0.6) is 5.88 Å². The minimum atomic E-state index is 0.316. The lowest BCUT2D eigenvalue weighted by Gasteiger charge is -2.03. The van der Waals surface area contributed by atoms with Crippen molar-refractivity contribution < 1.29 is 4.74 Å². The summed E-state index contributed by atoms with van der Waals surface area (Å²) in [5.74, 6) is 0.829. The summed E-state index contributed by atoms with van der Waals surface area (Å²) in [6.45, 7) is 2.46. The maximum absolute atomic E-state index is 5.44. The monoisotopic (exact) mass is 153 g/mol. The zero-order valence-corrected chi connectivity index (χ0v) is 6.37. The normalized spacial score (nSPS) is 9.55. The Kier molecular flexibility index (Phi) is 2.15. The van der Waals surface area contributed by atoms with Crippen molar-refractivity contribution in [2.24, 2.45) is 0 Å². The molecule has 4 heteroatoms. The second-order valence-corrected chi connectivity index (χ2v) is 2.06. The van der Waals surface area contributed by atoms with Gasteiger partial charge in [-0.2, -0.15) is 4.98 Å². The highest BCUT2D eigenvalue weighted by Gasteiger charge is 1.97. The molecule has 4 nitrogen and oxygen atoms in total. The quantitative estimate of drug-likeness (QED) is 0.654. The van der Waals surface area contributed by atoms with Gasteiger partial charge < -0.3 is 16.2 Å². The number of pyridine rings is 1. The molecule has 0 spiro atoms. The predicted molar refractivity (Wildman–Crippen MR) is 44.2 cm³/mol. The highest BCUT2D eigenvalue weighted by molar-refractivity contribution is 5.58. The summed E-state index contributed by atoms with van der Waals surface area (Å²) in [5, 5.41) is 0. The Morgan fingerprint density at radius 1 is 1.45 bits per heavy atom. The number of rotatable bonds is 2. The number of aromatic nitrogens is 1. The minimum absolute atomic E-state index is 0.316. The number of nitrogens with zero attached hydrogens (tertiary/aromatic N) is 1. The average Bonchev–Trinajstić information content (AvgIpc) is 1.98. The molecule has 60 valence electrons. The molecule has 0 aliphatic rings. The van der Waals surface area contributed by atoms with Crippen LogP contribution in [0.4, 0.5) is 11.5 Å². The molecule has 1 rings (SSSR count). The van der Waals surface area contributed by atoms with E-state index in [1.807, 2.05) is 6.92 Å². The summed E-state index contributed by atoms with van der Waals surface area (Å²) in [6.07, 6.45) is 0. The van der Waals surface area contributed by atoms with Gasteiger partial charge in [0.15, 0.2) is 5.82 Å². The van der Waals surface area contributed by atoms with Crippen molar-refractivity contribution in [3.63, 3.8) is 0 Å². The van der Waals surface area contributed by atoms with Crippen LogP contribution in [0.1, 0.15) is 6.92 Å². The first-order valence-electron chi connectivity index (χ1n) is 3.39. The van der Waals surface area contributed by atoms with Gasteiger partial charge in [0, 0.05) is 6.07 Å². The minimum Gasteiger partial charge on any atom is -0.478 e. The fourth-order valence-corrected chi connectivity index (χ4v) is 0.695. The lowest BCUT2D eigenvalue weighted by atomic mass is 10.4. The van der Waals surface area contributed by atoms with Crippen LogP contribution < -0.4 is 16.2 Å². The van der Waals surface area contributed by atoms with Crippen molar-refractivity contribution in [2.75, 3.05) is 18.1 Å². The number of nitrogens with two attached hydrogens (primary N) is 2. The second kappa shape index (κ2) is 3.09. The molecule has 0 saturated carbocycles. The third-order valence-electron chi connectivity index (χ3n) is 1.22. The van der Waals surface area contributed by atoms with Gasteiger partial charge in [0.2, 0.25) is 5.88 Å². The van der Waals surface area contributed by atoms with Gasteiger partial charge >= 0.3 is 0 Å². The van der Waals surface area contributed by atoms with Crippen molar-refractivity contribution in [1.29, 1.82) is 0 Å². The molecule has 4 N–H and O–H groups in total. The fraction of sp³-hybridized carbons (Fsp3) is 0.286. The van der Waals surface area contributed by atoms with E-state index in [0.717, 1.165) is 0 Å². The van der Waals surface area contributed by atoms with E-state index in [2.05, 4.69) is 4.98 Å². The van der Waals surface area contributed by atoms with E-state index in [1.165, 1.54) is 0 Å². The van der Waals surface area contributed by atoms with Crippen molar-refractivity contribution in [1.82, 2.24) is 4.98 Å². The van der Waals surface area contributed by atoms with E-state index in [9.17, 15) is 0 Å². The van der Waals surface area contributed by atoms with Crippen molar-refractivity contribution in [2.45, 2.75) is 6.92 Å². The molecule has 1 heterocycles. The van der Waals surface area contributed by atoms with E-state index >= 15 is 0 Å². The van der Waals surface area contributed by atoms with Crippen LogP contribution in [0, 0.1) is 0 Å². The molecule has 0 saturated heterocycles. The molecule has 0 amide bonds. The zero-order valence-electron chi connectivity index (χ0n) is 6.37. The van der Waals surface area contributed by atoms with Crippen LogP contribution in [0.15, 0.2) is 12.1 Å². The lowest BCUT2D eigenvalue weighted by molar-refractivity contribution is 0.327. The molecular weight excluding hydrogens is 142 g/mol. The summed E-state index contributed by atoms with van der Waals surface area (Å²) in [6, 6.07) is 3.36. The summed E-state index contributed by atoms with van der Waals surface area (Å²) in [7, 11) is 0. The summed E-state index contributed by atoms with van der Waals surface area (Å²) in [5.41, 5.74) is 11.4. The van der Waals surface area contributed by atoms with Crippen LogP contribution in [0.25, 0.3) is 0 Å². The Labute approximate surface area is 65.2 Å². The lowest BCUT2D eigenvalue weighted by Crippen LogP contribution is -2.00. The molecule has 0 aliphatic carbocycles. The number of ether oxygens (including phenoxy) is 1. The van der Waals surface area contributed by atoms with E-state index in [0.29, 0.717) is 24.0 Å². The number of hydrogen-bond acceptors (Lipinski definition) is 4. The molecule has 0 aromatic carbocycles. The van der Waals surface area contributed by atoms with Gasteiger partial charge in [-0.05, 0) is 13.0 Å². The summed E-state index contributed by atoms with van der Waals surface area (Å²) < 4.78 is 5.10. The topological polar surface area (TPSA) is 74.2 Å². The number of hydrogen-bond donors (Lipinski definition) is 2. The molecule has 11 heavy (non-hydrogen) atoms. The Hall–Kier alpha value is -1.45. The maximum Gasteiger partial charge on any atom is 0.215 e. The Morgan fingerprint density at radius 3 is 2.73 bits per heavy atom. The van der Waals surface area contributed by atoms with Crippen molar-refractivity contribution >= 4 is 11.5 Å².